The number of benzene rings is 1. The van der Waals surface area contributed by atoms with Crippen LogP contribution in [0.3, 0.4) is 0 Å². The average molecular weight is 147 g/mol. The minimum Gasteiger partial charge on any atom is -0.295 e. The predicted octanol–water partition coefficient (Wildman–Crippen LogP) is 2.31. The van der Waals surface area contributed by atoms with Crippen molar-refractivity contribution in [1.29, 1.82) is 0 Å². The second-order valence-electron chi connectivity index (χ2n) is 2.79. The van der Waals surface area contributed by atoms with Crippen LogP contribution in [0.4, 0.5) is 0 Å². The van der Waals surface area contributed by atoms with E-state index in [2.05, 4.69) is 6.07 Å². The lowest BCUT2D eigenvalue weighted by Crippen LogP contribution is -1.93. The molecule has 0 bridgehead atoms. The second kappa shape index (κ2) is 2.87. The number of carbonyl (C=O) groups excluding carboxylic acids is 1. The molecule has 1 heteroatoms. The van der Waals surface area contributed by atoms with E-state index < -0.39 is 0 Å². The maximum atomic E-state index is 10.9. The lowest BCUT2D eigenvalue weighted by molar-refractivity contribution is 0.101. The van der Waals surface area contributed by atoms with Crippen LogP contribution in [0.1, 0.15) is 28.4 Å². The Balaban J connectivity index is 3.19. The van der Waals surface area contributed by atoms with Gasteiger partial charge in [0, 0.05) is 5.56 Å². The van der Waals surface area contributed by atoms with Gasteiger partial charge in [-0.3, -0.25) is 4.79 Å². The number of hydrogen-bond donors (Lipinski definition) is 0. The van der Waals surface area contributed by atoms with Crippen molar-refractivity contribution in [3.8, 4) is 0 Å². The summed E-state index contributed by atoms with van der Waals surface area (Å²) in [6, 6.07) is 6.83. The molecule has 1 rings (SSSR count). The molecule has 1 nitrogen and oxygen atoms in total. The Morgan fingerprint density at radius 2 is 1.73 bits per heavy atom. The highest BCUT2D eigenvalue weighted by Gasteiger charge is 1.99. The van der Waals surface area contributed by atoms with Crippen LogP contribution in [-0.4, -0.2) is 5.78 Å². The average Bonchev–Trinajstić information content (AvgIpc) is 1.85. The van der Waals surface area contributed by atoms with Crippen LogP contribution < -0.4 is 0 Å². The molecule has 57 valence electrons. The topological polar surface area (TPSA) is 17.1 Å². The Bertz CT molecular complexity index is 267. The standard InChI is InChI=1S/C10H11O/c1-7-4-8(2)6-10(5-7)9(3)11/h5-6H,1-3H3. The van der Waals surface area contributed by atoms with Crippen LogP contribution in [-0.2, 0) is 0 Å². The normalized spacial score (nSPS) is 9.73. The smallest absolute Gasteiger partial charge is 0.159 e. The number of aryl methyl sites for hydroxylation is 2. The molecule has 0 unspecified atom stereocenters. The van der Waals surface area contributed by atoms with Crippen LogP contribution in [0.25, 0.3) is 0 Å². The fraction of sp³-hybridized carbons (Fsp3) is 0.300. The first-order chi connectivity index (χ1) is 5.09. The summed E-state index contributed by atoms with van der Waals surface area (Å²) in [6.07, 6.45) is 0. The van der Waals surface area contributed by atoms with Crippen LogP contribution in [0, 0.1) is 19.9 Å². The van der Waals surface area contributed by atoms with Gasteiger partial charge in [-0.25, -0.2) is 0 Å². The van der Waals surface area contributed by atoms with Crippen molar-refractivity contribution in [2.45, 2.75) is 20.8 Å². The van der Waals surface area contributed by atoms with Crippen molar-refractivity contribution >= 4 is 5.78 Å². The molecule has 0 aliphatic rings. The number of ketones is 1. The molecular formula is C10H11O. The van der Waals surface area contributed by atoms with Gasteiger partial charge in [-0.05, 0) is 50.1 Å². The fourth-order valence-corrected chi connectivity index (χ4v) is 1.09. The van der Waals surface area contributed by atoms with Crippen LogP contribution in [0.5, 0.6) is 0 Å². The van der Waals surface area contributed by atoms with E-state index in [1.807, 2.05) is 26.0 Å². The molecular weight excluding hydrogens is 136 g/mol. The first-order valence-corrected chi connectivity index (χ1v) is 3.61. The second-order valence-corrected chi connectivity index (χ2v) is 2.79. The maximum absolute atomic E-state index is 10.9. The lowest BCUT2D eigenvalue weighted by atomic mass is 10.1. The van der Waals surface area contributed by atoms with Crippen LogP contribution in [0.15, 0.2) is 12.1 Å². The molecule has 0 aromatic heterocycles. The summed E-state index contributed by atoms with van der Waals surface area (Å²) < 4.78 is 0. The van der Waals surface area contributed by atoms with Gasteiger partial charge in [-0.2, -0.15) is 0 Å². The zero-order valence-electron chi connectivity index (χ0n) is 7.06. The maximum Gasteiger partial charge on any atom is 0.159 e. The van der Waals surface area contributed by atoms with E-state index in [1.54, 1.807) is 6.92 Å². The van der Waals surface area contributed by atoms with Gasteiger partial charge in [-0.15, -0.1) is 0 Å². The van der Waals surface area contributed by atoms with E-state index in [0.717, 1.165) is 16.7 Å². The summed E-state index contributed by atoms with van der Waals surface area (Å²) in [5.74, 6) is 0.116. The van der Waals surface area contributed by atoms with Gasteiger partial charge >= 0.3 is 0 Å². The first-order valence-electron chi connectivity index (χ1n) is 3.61. The highest BCUT2D eigenvalue weighted by molar-refractivity contribution is 5.94. The minimum absolute atomic E-state index is 0.116. The molecule has 0 saturated heterocycles. The fourth-order valence-electron chi connectivity index (χ4n) is 1.09. The van der Waals surface area contributed by atoms with E-state index >= 15 is 0 Å². The molecule has 1 radical (unpaired) electrons. The van der Waals surface area contributed by atoms with E-state index in [9.17, 15) is 4.79 Å². The third-order valence-corrected chi connectivity index (χ3v) is 1.54. The molecule has 1 aromatic rings. The Morgan fingerprint density at radius 3 is 2.09 bits per heavy atom. The van der Waals surface area contributed by atoms with Gasteiger partial charge in [0.25, 0.3) is 0 Å². The molecule has 0 atom stereocenters. The molecule has 0 heterocycles. The molecule has 0 aliphatic heterocycles. The summed E-state index contributed by atoms with van der Waals surface area (Å²) >= 11 is 0. The van der Waals surface area contributed by atoms with Crippen molar-refractivity contribution in [2.24, 2.45) is 0 Å². The van der Waals surface area contributed by atoms with Crippen molar-refractivity contribution < 1.29 is 4.79 Å². The summed E-state index contributed by atoms with van der Waals surface area (Å²) in [5, 5.41) is 0. The number of carbonyl (C=O) groups is 1. The summed E-state index contributed by atoms with van der Waals surface area (Å²) in [4.78, 5) is 10.9. The highest BCUT2D eigenvalue weighted by Crippen LogP contribution is 2.07. The zero-order valence-corrected chi connectivity index (χ0v) is 7.06. The number of rotatable bonds is 1. The summed E-state index contributed by atoms with van der Waals surface area (Å²) in [7, 11) is 0. The highest BCUT2D eigenvalue weighted by atomic mass is 16.1. The van der Waals surface area contributed by atoms with Gasteiger partial charge < -0.3 is 0 Å². The predicted molar refractivity (Wildman–Crippen MR) is 44.8 cm³/mol. The molecule has 0 saturated carbocycles. The monoisotopic (exact) mass is 147 g/mol. The molecule has 0 amide bonds. The van der Waals surface area contributed by atoms with Crippen molar-refractivity contribution in [1.82, 2.24) is 0 Å². The van der Waals surface area contributed by atoms with E-state index in [0.29, 0.717) is 0 Å². The summed E-state index contributed by atoms with van der Waals surface area (Å²) in [6.45, 7) is 5.47. The van der Waals surface area contributed by atoms with Gasteiger partial charge in [0.1, 0.15) is 0 Å². The zero-order chi connectivity index (χ0) is 8.43. The quantitative estimate of drug-likeness (QED) is 0.557. The van der Waals surface area contributed by atoms with E-state index in [-0.39, 0.29) is 5.78 Å². The Hall–Kier alpha value is -1.11. The van der Waals surface area contributed by atoms with Crippen molar-refractivity contribution in [3.05, 3.63) is 34.9 Å². The third kappa shape index (κ3) is 1.90. The lowest BCUT2D eigenvalue weighted by Gasteiger charge is -1.99. The van der Waals surface area contributed by atoms with Crippen LogP contribution >= 0.6 is 0 Å². The molecule has 0 aliphatic carbocycles. The summed E-state index contributed by atoms with van der Waals surface area (Å²) in [5.41, 5.74) is 2.82. The minimum atomic E-state index is 0.116. The molecule has 1 aromatic carbocycles. The van der Waals surface area contributed by atoms with Crippen LogP contribution in [0.2, 0.25) is 0 Å². The Kier molecular flexibility index (Phi) is 2.08. The number of hydrogen-bond acceptors (Lipinski definition) is 1. The van der Waals surface area contributed by atoms with E-state index in [4.69, 9.17) is 0 Å². The molecule has 11 heavy (non-hydrogen) atoms. The van der Waals surface area contributed by atoms with Crippen molar-refractivity contribution in [3.63, 3.8) is 0 Å². The molecule has 0 N–H and O–H groups in total. The Labute approximate surface area is 67.1 Å². The SMILES string of the molecule is CC(=O)c1cc(C)[c]c(C)c1. The Morgan fingerprint density at radius 1 is 1.27 bits per heavy atom. The van der Waals surface area contributed by atoms with E-state index in [1.165, 1.54) is 0 Å². The molecule has 0 spiro atoms. The number of Topliss-reactive ketones (excluding diaryl/α,β-unsaturated/α-hetero) is 1. The third-order valence-electron chi connectivity index (χ3n) is 1.54. The van der Waals surface area contributed by atoms with Gasteiger partial charge in [0.05, 0.1) is 0 Å². The first kappa shape index (κ1) is 7.99. The largest absolute Gasteiger partial charge is 0.295 e. The van der Waals surface area contributed by atoms with Gasteiger partial charge in [0.15, 0.2) is 5.78 Å². The molecule has 0 fully saturated rings. The van der Waals surface area contributed by atoms with Gasteiger partial charge in [-0.1, -0.05) is 0 Å². The van der Waals surface area contributed by atoms with Gasteiger partial charge in [0.2, 0.25) is 0 Å². The van der Waals surface area contributed by atoms with Crippen molar-refractivity contribution in [2.75, 3.05) is 0 Å².